The minimum Gasteiger partial charge on any atom is -1.00 e. The number of fused-ring (bicyclic) bond motifs is 3. The molecule has 130 valence electrons. The van der Waals surface area contributed by atoms with E-state index in [1.807, 2.05) is 27.7 Å². The molecular formula is C16H27ClN4O2. The molecule has 0 atom stereocenters. The second-order valence-corrected chi connectivity index (χ2v) is 7.08. The molecule has 3 saturated heterocycles. The van der Waals surface area contributed by atoms with Crippen LogP contribution in [-0.2, 0) is 0 Å². The number of rotatable bonds is 5. The Kier molecular flexibility index (Phi) is 5.68. The smallest absolute Gasteiger partial charge is 0.338 e. The van der Waals surface area contributed by atoms with Gasteiger partial charge in [0.2, 0.25) is 0 Å². The molecule has 3 aliphatic heterocycles. The van der Waals surface area contributed by atoms with E-state index in [1.54, 1.807) is 0 Å². The fraction of sp³-hybridized carbons (Fsp3) is 0.812. The van der Waals surface area contributed by atoms with E-state index in [0.29, 0.717) is 12.0 Å². The number of halogens is 1. The number of hydrogen-bond donors (Lipinski definition) is 0. The van der Waals surface area contributed by atoms with Crippen molar-refractivity contribution >= 4 is 5.95 Å². The van der Waals surface area contributed by atoms with E-state index in [-0.39, 0.29) is 24.6 Å². The quantitative estimate of drug-likeness (QED) is 0.680. The first-order chi connectivity index (χ1) is 10.5. The number of aromatic nitrogens is 3. The molecule has 3 fully saturated rings. The molecule has 0 saturated carbocycles. The summed E-state index contributed by atoms with van der Waals surface area (Å²) in [5.74, 6) is 1.72. The van der Waals surface area contributed by atoms with Crippen molar-refractivity contribution in [2.24, 2.45) is 5.92 Å². The van der Waals surface area contributed by atoms with Crippen LogP contribution in [0.4, 0.5) is 5.95 Å². The summed E-state index contributed by atoms with van der Waals surface area (Å²) in [5.41, 5.74) is 0. The molecular weight excluding hydrogens is 316 g/mol. The monoisotopic (exact) mass is 342 g/mol. The summed E-state index contributed by atoms with van der Waals surface area (Å²) >= 11 is 0. The van der Waals surface area contributed by atoms with Gasteiger partial charge in [-0.15, -0.1) is 15.0 Å². The van der Waals surface area contributed by atoms with Crippen LogP contribution >= 0.6 is 0 Å². The Balaban J connectivity index is 0.00000192. The lowest BCUT2D eigenvalue weighted by atomic mass is 9.86. The number of nitrogens with zero attached hydrogens (tertiary/aromatic N) is 4. The molecule has 7 heteroatoms. The highest BCUT2D eigenvalue weighted by molar-refractivity contribution is 5.30. The van der Waals surface area contributed by atoms with Crippen LogP contribution in [0.1, 0.15) is 47.0 Å². The maximum atomic E-state index is 5.72. The van der Waals surface area contributed by atoms with Gasteiger partial charge < -0.3 is 21.9 Å². The second kappa shape index (κ2) is 7.18. The zero-order valence-electron chi connectivity index (χ0n) is 14.5. The predicted octanol–water partition coefficient (Wildman–Crippen LogP) is -0.429. The molecule has 4 heterocycles. The largest absolute Gasteiger partial charge is 1.00 e. The summed E-state index contributed by atoms with van der Waals surface area (Å²) in [6, 6.07) is 0.770. The Morgan fingerprint density at radius 2 is 1.26 bits per heavy atom. The predicted molar refractivity (Wildman–Crippen MR) is 85.1 cm³/mol. The van der Waals surface area contributed by atoms with Crippen LogP contribution in [0.5, 0.6) is 12.0 Å². The number of hydrogen-bond acceptors (Lipinski definition) is 5. The van der Waals surface area contributed by atoms with E-state index >= 15 is 0 Å². The Bertz CT molecular complexity index is 489. The highest BCUT2D eigenvalue weighted by Gasteiger charge is 2.44. The molecule has 0 amide bonds. The van der Waals surface area contributed by atoms with Crippen molar-refractivity contribution in [3.63, 3.8) is 0 Å². The molecule has 0 unspecified atom stereocenters. The van der Waals surface area contributed by atoms with E-state index in [4.69, 9.17) is 9.47 Å². The van der Waals surface area contributed by atoms with E-state index in [2.05, 4.69) is 15.0 Å². The lowest BCUT2D eigenvalue weighted by Crippen LogP contribution is -3.00. The van der Waals surface area contributed by atoms with Crippen LogP contribution < -0.4 is 26.4 Å². The molecule has 0 spiro atoms. The highest BCUT2D eigenvalue weighted by atomic mass is 35.5. The van der Waals surface area contributed by atoms with Crippen LogP contribution in [0.3, 0.4) is 0 Å². The number of piperidine rings is 3. The van der Waals surface area contributed by atoms with Gasteiger partial charge in [-0.1, -0.05) is 0 Å². The molecule has 23 heavy (non-hydrogen) atoms. The summed E-state index contributed by atoms with van der Waals surface area (Å²) in [7, 11) is 0. The van der Waals surface area contributed by atoms with Crippen molar-refractivity contribution in [2.45, 2.75) is 59.2 Å². The van der Waals surface area contributed by atoms with Crippen molar-refractivity contribution in [2.75, 3.05) is 19.6 Å². The maximum Gasteiger partial charge on any atom is 0.338 e. The third-order valence-corrected chi connectivity index (χ3v) is 4.59. The van der Waals surface area contributed by atoms with E-state index in [0.717, 1.165) is 36.0 Å². The van der Waals surface area contributed by atoms with Gasteiger partial charge in [0, 0.05) is 19.3 Å². The normalized spacial score (nSPS) is 26.3. The fourth-order valence-electron chi connectivity index (χ4n) is 3.42. The molecule has 0 radical (unpaired) electrons. The van der Waals surface area contributed by atoms with Gasteiger partial charge in [-0.3, -0.25) is 4.48 Å². The van der Waals surface area contributed by atoms with E-state index in [9.17, 15) is 0 Å². The second-order valence-electron chi connectivity index (χ2n) is 7.08. The van der Waals surface area contributed by atoms with E-state index in [1.165, 1.54) is 19.3 Å². The fourth-order valence-corrected chi connectivity index (χ4v) is 3.42. The Labute approximate surface area is 144 Å². The summed E-state index contributed by atoms with van der Waals surface area (Å²) in [6.07, 6.45) is 3.88. The molecule has 2 bridgehead atoms. The van der Waals surface area contributed by atoms with Crippen molar-refractivity contribution in [3.8, 4) is 12.0 Å². The maximum absolute atomic E-state index is 5.72. The first-order valence-corrected chi connectivity index (χ1v) is 8.43. The molecule has 1 aromatic rings. The first-order valence-electron chi connectivity index (χ1n) is 8.43. The van der Waals surface area contributed by atoms with Gasteiger partial charge in [-0.2, -0.15) is 0 Å². The van der Waals surface area contributed by atoms with Crippen molar-refractivity contribution in [1.29, 1.82) is 0 Å². The van der Waals surface area contributed by atoms with Gasteiger partial charge in [0.15, 0.2) is 0 Å². The van der Waals surface area contributed by atoms with Gasteiger partial charge in [0.05, 0.1) is 31.8 Å². The van der Waals surface area contributed by atoms with Gasteiger partial charge in [0.1, 0.15) is 0 Å². The molecule has 1 aromatic heterocycles. The van der Waals surface area contributed by atoms with Crippen LogP contribution in [0.2, 0.25) is 0 Å². The lowest BCUT2D eigenvalue weighted by molar-refractivity contribution is -0.00000885. The van der Waals surface area contributed by atoms with Crippen LogP contribution in [0.15, 0.2) is 0 Å². The Hall–Kier alpha value is -1.14. The lowest BCUT2D eigenvalue weighted by Gasteiger charge is -2.46. The van der Waals surface area contributed by atoms with Crippen molar-refractivity contribution in [3.05, 3.63) is 0 Å². The van der Waals surface area contributed by atoms with Crippen LogP contribution in [-0.4, -0.2) is 46.8 Å². The standard InChI is InChI=1S/C16H27N4O2.ClH/c1-11(2)21-15-17-14(18-16(19-15)22-12(3)4)20-8-5-13(6-9-20)7-10-20;/h11-13H,5-10H2,1-4H3;1H/q+1;/p-1. The third-order valence-electron chi connectivity index (χ3n) is 4.59. The SMILES string of the molecule is CC(C)Oc1nc(OC(C)C)nc([N+]23CCC(CC2)CC3)n1.[Cl-]. The van der Waals surface area contributed by atoms with Crippen LogP contribution in [0, 0.1) is 5.92 Å². The van der Waals surface area contributed by atoms with Gasteiger partial charge in [-0.05, 0) is 33.6 Å². The summed E-state index contributed by atoms with van der Waals surface area (Å²) in [4.78, 5) is 13.5. The minimum atomic E-state index is 0. The molecule has 3 aliphatic rings. The van der Waals surface area contributed by atoms with Gasteiger partial charge in [0.25, 0.3) is 0 Å². The summed E-state index contributed by atoms with van der Waals surface area (Å²) in [6.45, 7) is 11.3. The molecule has 6 nitrogen and oxygen atoms in total. The summed E-state index contributed by atoms with van der Waals surface area (Å²) < 4.78 is 12.3. The average Bonchev–Trinajstić information content (AvgIpc) is 2.47. The van der Waals surface area contributed by atoms with Crippen molar-refractivity contribution in [1.82, 2.24) is 19.4 Å². The first kappa shape index (κ1) is 18.2. The van der Waals surface area contributed by atoms with Crippen LogP contribution in [0.25, 0.3) is 0 Å². The number of quaternary nitrogens is 1. The van der Waals surface area contributed by atoms with Gasteiger partial charge >= 0.3 is 18.0 Å². The average molecular weight is 343 g/mol. The van der Waals surface area contributed by atoms with Crippen molar-refractivity contribution < 1.29 is 21.9 Å². The molecule has 0 aliphatic carbocycles. The zero-order valence-corrected chi connectivity index (χ0v) is 15.2. The zero-order chi connectivity index (χ0) is 15.7. The molecule has 4 rings (SSSR count). The molecule has 0 N–H and O–H groups in total. The topological polar surface area (TPSA) is 57.1 Å². The third kappa shape index (κ3) is 4.04. The highest BCUT2D eigenvalue weighted by Crippen LogP contribution is 2.37. The summed E-state index contributed by atoms with van der Waals surface area (Å²) in [5, 5.41) is 0. The Morgan fingerprint density at radius 3 is 1.65 bits per heavy atom. The van der Waals surface area contributed by atoms with Gasteiger partial charge in [-0.25, -0.2) is 0 Å². The minimum absolute atomic E-state index is 0. The van der Waals surface area contributed by atoms with E-state index < -0.39 is 0 Å². The number of ether oxygens (including phenoxy) is 2. The molecule has 0 aromatic carbocycles. The Morgan fingerprint density at radius 1 is 0.826 bits per heavy atom.